The van der Waals surface area contributed by atoms with E-state index < -0.39 is 0 Å². The summed E-state index contributed by atoms with van der Waals surface area (Å²) in [5.41, 5.74) is 3.51. The van der Waals surface area contributed by atoms with Gasteiger partial charge in [-0.3, -0.25) is 5.10 Å². The number of nitrogens with one attached hydrogen (secondary N) is 1. The lowest BCUT2D eigenvalue weighted by molar-refractivity contribution is 0.313. The lowest BCUT2D eigenvalue weighted by atomic mass is 9.98. The Morgan fingerprint density at radius 2 is 1.93 bits per heavy atom. The van der Waals surface area contributed by atoms with E-state index in [-0.39, 0.29) is 16.5 Å². The fourth-order valence-electron chi connectivity index (χ4n) is 2.78. The Kier molecular flexibility index (Phi) is 5.53. The molecule has 6 nitrogen and oxygen atoms in total. The number of rotatable bonds is 6. The maximum Gasteiger partial charge on any atom is 0.137 e. The van der Waals surface area contributed by atoms with Gasteiger partial charge in [0.15, 0.2) is 0 Å². The Balaban J connectivity index is 1.92. The molecule has 3 N–H and O–H groups in total. The molecule has 0 aliphatic rings. The molecular weight excluding hydrogens is 366 g/mol. The maximum absolute atomic E-state index is 10.2. The van der Waals surface area contributed by atoms with Gasteiger partial charge in [0.1, 0.15) is 22.9 Å². The van der Waals surface area contributed by atoms with Crippen LogP contribution in [-0.4, -0.2) is 27.0 Å². The topological polar surface area (TPSA) is 102 Å². The molecule has 0 bridgehead atoms. The lowest BCUT2D eigenvalue weighted by Gasteiger charge is -2.09. The van der Waals surface area contributed by atoms with Crippen molar-refractivity contribution in [3.63, 3.8) is 0 Å². The summed E-state index contributed by atoms with van der Waals surface area (Å²) in [6.45, 7) is 2.37. The first kappa shape index (κ1) is 18.6. The van der Waals surface area contributed by atoms with Crippen LogP contribution < -0.4 is 4.74 Å². The zero-order valence-corrected chi connectivity index (χ0v) is 15.4. The zero-order chi connectivity index (χ0) is 19.4. The molecule has 0 saturated carbocycles. The van der Waals surface area contributed by atoms with Gasteiger partial charge in [-0.15, -0.1) is 0 Å². The van der Waals surface area contributed by atoms with E-state index >= 15 is 0 Å². The van der Waals surface area contributed by atoms with Crippen LogP contribution in [0.15, 0.2) is 36.4 Å². The second kappa shape index (κ2) is 8.02. The molecule has 1 aromatic heterocycles. The normalized spacial score (nSPS) is 10.6. The first-order valence-corrected chi connectivity index (χ1v) is 8.76. The fourth-order valence-corrected chi connectivity index (χ4v) is 2.94. The van der Waals surface area contributed by atoms with Crippen molar-refractivity contribution in [2.24, 2.45) is 0 Å². The average Bonchev–Trinajstić information content (AvgIpc) is 3.03. The van der Waals surface area contributed by atoms with Gasteiger partial charge >= 0.3 is 0 Å². The molecule has 2 aromatic carbocycles. The van der Waals surface area contributed by atoms with Crippen molar-refractivity contribution < 1.29 is 14.9 Å². The van der Waals surface area contributed by atoms with Crippen LogP contribution in [0.3, 0.4) is 0 Å². The Morgan fingerprint density at radius 3 is 2.63 bits per heavy atom. The number of unbranched alkanes of at least 4 members (excludes halogenated alkanes) is 1. The number of nitrogens with zero attached hydrogens (tertiary/aromatic N) is 2. The third-order valence-electron chi connectivity index (χ3n) is 4.11. The summed E-state index contributed by atoms with van der Waals surface area (Å²) in [7, 11) is 0. The summed E-state index contributed by atoms with van der Waals surface area (Å²) < 4.78 is 5.61. The molecule has 0 spiro atoms. The number of phenols is 2. The number of aromatic hydroxyl groups is 2. The van der Waals surface area contributed by atoms with Crippen LogP contribution in [0.2, 0.25) is 5.02 Å². The molecule has 0 amide bonds. The fraction of sp³-hybridized carbons (Fsp3) is 0.200. The lowest BCUT2D eigenvalue weighted by Crippen LogP contribution is -1.96. The number of hydrogen-bond acceptors (Lipinski definition) is 5. The predicted molar refractivity (Wildman–Crippen MR) is 103 cm³/mol. The van der Waals surface area contributed by atoms with Gasteiger partial charge in [0.25, 0.3) is 0 Å². The Hall–Kier alpha value is -3.17. The number of benzene rings is 2. The molecule has 0 unspecified atom stereocenters. The van der Waals surface area contributed by atoms with Crippen molar-refractivity contribution in [2.45, 2.75) is 19.8 Å². The van der Waals surface area contributed by atoms with Crippen LogP contribution >= 0.6 is 11.6 Å². The molecule has 3 rings (SSSR count). The number of phenolic OH excluding ortho intramolecular Hbond substituents is 2. The van der Waals surface area contributed by atoms with E-state index in [4.69, 9.17) is 21.6 Å². The standard InChI is InChI=1S/C20H18ClN3O3/c1-12-19(13-4-6-14(7-5-13)27-9-3-2-8-22)20(24-23-12)15-10-16(21)18(26)11-17(15)25/h4-7,10-11,25-26H,2-3,9H2,1H3,(H,23,24). The molecular formula is C20H18ClN3O3. The first-order valence-electron chi connectivity index (χ1n) is 8.38. The van der Waals surface area contributed by atoms with Crippen molar-refractivity contribution >= 4 is 11.6 Å². The highest BCUT2D eigenvalue weighted by molar-refractivity contribution is 6.32. The smallest absolute Gasteiger partial charge is 0.137 e. The highest BCUT2D eigenvalue weighted by Gasteiger charge is 2.19. The summed E-state index contributed by atoms with van der Waals surface area (Å²) in [5, 5.41) is 35.8. The second-order valence-electron chi connectivity index (χ2n) is 6.03. The van der Waals surface area contributed by atoms with Crippen molar-refractivity contribution in [3.05, 3.63) is 47.1 Å². The van der Waals surface area contributed by atoms with Crippen LogP contribution in [-0.2, 0) is 0 Å². The minimum absolute atomic E-state index is 0.109. The summed E-state index contributed by atoms with van der Waals surface area (Å²) in [6.07, 6.45) is 1.15. The maximum atomic E-state index is 10.2. The van der Waals surface area contributed by atoms with Crippen LogP contribution in [0.1, 0.15) is 18.5 Å². The molecule has 138 valence electrons. The van der Waals surface area contributed by atoms with E-state index in [0.717, 1.165) is 22.6 Å². The summed E-state index contributed by atoms with van der Waals surface area (Å²) in [6, 6.07) is 12.3. The first-order chi connectivity index (χ1) is 13.0. The SMILES string of the molecule is Cc1[nH]nc(-c2cc(Cl)c(O)cc2O)c1-c1ccc(OCCCC#N)cc1. The predicted octanol–water partition coefficient (Wildman–Crippen LogP) is 4.80. The third-order valence-corrected chi connectivity index (χ3v) is 4.41. The van der Waals surface area contributed by atoms with Crippen LogP contribution in [0, 0.1) is 18.3 Å². The molecule has 0 radical (unpaired) electrons. The van der Waals surface area contributed by atoms with E-state index in [9.17, 15) is 10.2 Å². The van der Waals surface area contributed by atoms with Gasteiger partial charge in [0, 0.05) is 29.3 Å². The van der Waals surface area contributed by atoms with Crippen molar-refractivity contribution in [2.75, 3.05) is 6.61 Å². The zero-order valence-electron chi connectivity index (χ0n) is 14.7. The minimum Gasteiger partial charge on any atom is -0.507 e. The molecule has 0 aliphatic heterocycles. The van der Waals surface area contributed by atoms with Gasteiger partial charge in [-0.2, -0.15) is 10.4 Å². The number of ether oxygens (including phenoxy) is 1. The van der Waals surface area contributed by atoms with Gasteiger partial charge in [-0.25, -0.2) is 0 Å². The number of H-pyrrole nitrogens is 1. The summed E-state index contributed by atoms with van der Waals surface area (Å²) in [4.78, 5) is 0. The van der Waals surface area contributed by atoms with Gasteiger partial charge in [-0.1, -0.05) is 23.7 Å². The van der Waals surface area contributed by atoms with Crippen LogP contribution in [0.25, 0.3) is 22.4 Å². The van der Waals surface area contributed by atoms with Crippen molar-refractivity contribution in [3.8, 4) is 45.7 Å². The van der Waals surface area contributed by atoms with Crippen LogP contribution in [0.4, 0.5) is 0 Å². The molecule has 0 atom stereocenters. The number of aromatic nitrogens is 2. The third kappa shape index (κ3) is 3.99. The van der Waals surface area contributed by atoms with E-state index in [2.05, 4.69) is 16.3 Å². The molecule has 0 aliphatic carbocycles. The van der Waals surface area contributed by atoms with E-state index in [1.54, 1.807) is 0 Å². The number of aryl methyl sites for hydroxylation is 1. The van der Waals surface area contributed by atoms with Gasteiger partial charge < -0.3 is 14.9 Å². The minimum atomic E-state index is -0.190. The number of halogens is 1. The average molecular weight is 384 g/mol. The monoisotopic (exact) mass is 383 g/mol. The van der Waals surface area contributed by atoms with E-state index in [1.807, 2.05) is 31.2 Å². The van der Waals surface area contributed by atoms with Gasteiger partial charge in [-0.05, 0) is 37.1 Å². The molecule has 0 saturated heterocycles. The Labute approximate surface area is 161 Å². The molecule has 0 fully saturated rings. The second-order valence-corrected chi connectivity index (χ2v) is 6.43. The Morgan fingerprint density at radius 1 is 1.19 bits per heavy atom. The highest BCUT2D eigenvalue weighted by Crippen LogP contribution is 2.41. The van der Waals surface area contributed by atoms with Crippen molar-refractivity contribution in [1.29, 1.82) is 5.26 Å². The highest BCUT2D eigenvalue weighted by atomic mass is 35.5. The van der Waals surface area contributed by atoms with Gasteiger partial charge in [0.2, 0.25) is 0 Å². The van der Waals surface area contributed by atoms with Gasteiger partial charge in [0.05, 0.1) is 17.7 Å². The van der Waals surface area contributed by atoms with E-state index in [0.29, 0.717) is 30.7 Å². The molecule has 3 aromatic rings. The Bertz CT molecular complexity index is 991. The number of nitriles is 1. The quantitative estimate of drug-likeness (QED) is 0.530. The van der Waals surface area contributed by atoms with Crippen molar-refractivity contribution in [1.82, 2.24) is 10.2 Å². The largest absolute Gasteiger partial charge is 0.507 e. The molecule has 7 heteroatoms. The summed E-state index contributed by atoms with van der Waals surface area (Å²) in [5.74, 6) is 0.418. The molecule has 1 heterocycles. The number of aromatic amines is 1. The summed E-state index contributed by atoms with van der Waals surface area (Å²) >= 11 is 6.00. The number of hydrogen-bond donors (Lipinski definition) is 3. The van der Waals surface area contributed by atoms with E-state index in [1.165, 1.54) is 12.1 Å². The molecule has 27 heavy (non-hydrogen) atoms. The van der Waals surface area contributed by atoms with Crippen LogP contribution in [0.5, 0.6) is 17.2 Å².